The van der Waals surface area contributed by atoms with Gasteiger partial charge in [0.2, 0.25) is 0 Å². The Balaban J connectivity index is 1.56. The molecular formula is C20H18O6. The summed E-state index contributed by atoms with van der Waals surface area (Å²) in [6.07, 6.45) is -0.105. The van der Waals surface area contributed by atoms with Crippen LogP contribution in [-0.2, 0) is 14.2 Å². The molecule has 0 bridgehead atoms. The van der Waals surface area contributed by atoms with Crippen LogP contribution in [0.15, 0.2) is 73.0 Å². The van der Waals surface area contributed by atoms with Crippen molar-refractivity contribution < 1.29 is 28.9 Å². The number of hydrogen-bond acceptors (Lipinski definition) is 6. The van der Waals surface area contributed by atoms with Crippen molar-refractivity contribution in [3.63, 3.8) is 0 Å². The molecule has 3 atom stereocenters. The zero-order chi connectivity index (χ0) is 18.4. The topological polar surface area (TPSA) is 82.1 Å². The number of benzene rings is 2. The summed E-state index contributed by atoms with van der Waals surface area (Å²) >= 11 is 0. The fourth-order valence-corrected chi connectivity index (χ4v) is 2.46. The second-order valence-electron chi connectivity index (χ2n) is 5.69. The number of carbonyl (C=O) groups is 2. The van der Waals surface area contributed by atoms with Gasteiger partial charge in [-0.1, -0.05) is 36.4 Å². The minimum atomic E-state index is -1.16. The summed E-state index contributed by atoms with van der Waals surface area (Å²) in [4.78, 5) is 24.1. The summed E-state index contributed by atoms with van der Waals surface area (Å²) in [6.45, 7) is -0.168. The molecule has 1 unspecified atom stereocenters. The predicted molar refractivity (Wildman–Crippen MR) is 92.4 cm³/mol. The maximum Gasteiger partial charge on any atom is 0.338 e. The van der Waals surface area contributed by atoms with Gasteiger partial charge < -0.3 is 19.3 Å². The second-order valence-corrected chi connectivity index (χ2v) is 5.69. The Hall–Kier alpha value is -3.12. The lowest BCUT2D eigenvalue weighted by atomic mass is 10.1. The molecule has 1 heterocycles. The summed E-state index contributed by atoms with van der Waals surface area (Å²) in [5, 5.41) is 10.4. The molecule has 3 rings (SSSR count). The third kappa shape index (κ3) is 4.29. The van der Waals surface area contributed by atoms with Crippen molar-refractivity contribution in [3.05, 3.63) is 84.1 Å². The van der Waals surface area contributed by atoms with Gasteiger partial charge in [0.1, 0.15) is 12.7 Å². The van der Waals surface area contributed by atoms with E-state index in [1.807, 2.05) is 0 Å². The largest absolute Gasteiger partial charge is 0.492 e. The van der Waals surface area contributed by atoms with Crippen molar-refractivity contribution in [2.75, 3.05) is 6.61 Å². The van der Waals surface area contributed by atoms with Crippen LogP contribution in [0.25, 0.3) is 0 Å². The Bertz CT molecular complexity index is 771. The molecule has 0 fully saturated rings. The van der Waals surface area contributed by atoms with E-state index < -0.39 is 30.3 Å². The Morgan fingerprint density at radius 1 is 0.923 bits per heavy atom. The summed E-state index contributed by atoms with van der Waals surface area (Å²) in [7, 11) is 0. The minimum absolute atomic E-state index is 0.168. The summed E-state index contributed by atoms with van der Waals surface area (Å²) < 4.78 is 15.8. The molecular weight excluding hydrogens is 336 g/mol. The fraction of sp³-hybridized carbons (Fsp3) is 0.200. The first kappa shape index (κ1) is 17.7. The van der Waals surface area contributed by atoms with Crippen molar-refractivity contribution in [1.82, 2.24) is 0 Å². The van der Waals surface area contributed by atoms with Crippen LogP contribution in [-0.4, -0.2) is 42.0 Å². The quantitative estimate of drug-likeness (QED) is 0.830. The molecule has 1 aliphatic rings. The van der Waals surface area contributed by atoms with Gasteiger partial charge in [0, 0.05) is 0 Å². The molecule has 1 aliphatic heterocycles. The average Bonchev–Trinajstić information content (AvgIpc) is 2.69. The van der Waals surface area contributed by atoms with Gasteiger partial charge in [-0.3, -0.25) is 0 Å². The zero-order valence-electron chi connectivity index (χ0n) is 13.9. The Morgan fingerprint density at radius 3 is 2.12 bits per heavy atom. The van der Waals surface area contributed by atoms with Gasteiger partial charge in [-0.2, -0.15) is 0 Å². The van der Waals surface area contributed by atoms with E-state index in [4.69, 9.17) is 14.2 Å². The minimum Gasteiger partial charge on any atom is -0.492 e. The molecule has 6 heteroatoms. The molecule has 2 aromatic rings. The van der Waals surface area contributed by atoms with Gasteiger partial charge in [0.25, 0.3) is 0 Å². The Labute approximate surface area is 150 Å². The Morgan fingerprint density at radius 2 is 1.50 bits per heavy atom. The first-order valence-corrected chi connectivity index (χ1v) is 8.13. The van der Waals surface area contributed by atoms with Crippen molar-refractivity contribution in [3.8, 4) is 0 Å². The molecule has 134 valence electrons. The summed E-state index contributed by atoms with van der Waals surface area (Å²) in [6, 6.07) is 17.0. The van der Waals surface area contributed by atoms with Gasteiger partial charge in [0.05, 0.1) is 17.4 Å². The van der Waals surface area contributed by atoms with Crippen LogP contribution >= 0.6 is 0 Å². The highest BCUT2D eigenvalue weighted by atomic mass is 16.6. The first-order valence-electron chi connectivity index (χ1n) is 8.13. The highest BCUT2D eigenvalue weighted by molar-refractivity contribution is 5.90. The van der Waals surface area contributed by atoms with E-state index in [0.717, 1.165) is 0 Å². The monoisotopic (exact) mass is 354 g/mol. The number of esters is 2. The van der Waals surface area contributed by atoms with Crippen LogP contribution in [0.3, 0.4) is 0 Å². The maximum absolute atomic E-state index is 12.1. The smallest absolute Gasteiger partial charge is 0.338 e. The van der Waals surface area contributed by atoms with Crippen LogP contribution in [0.2, 0.25) is 0 Å². The maximum atomic E-state index is 12.1. The molecule has 1 N–H and O–H groups in total. The van der Waals surface area contributed by atoms with E-state index in [9.17, 15) is 14.7 Å². The molecule has 0 amide bonds. The van der Waals surface area contributed by atoms with Gasteiger partial charge in [-0.05, 0) is 30.3 Å². The fourth-order valence-electron chi connectivity index (χ4n) is 2.46. The van der Waals surface area contributed by atoms with Gasteiger partial charge in [0.15, 0.2) is 12.2 Å². The lowest BCUT2D eigenvalue weighted by Gasteiger charge is -2.30. The van der Waals surface area contributed by atoms with Crippen LogP contribution in [0.5, 0.6) is 0 Å². The van der Waals surface area contributed by atoms with Crippen molar-refractivity contribution in [2.24, 2.45) is 0 Å². The lowest BCUT2D eigenvalue weighted by Crippen LogP contribution is -2.45. The van der Waals surface area contributed by atoms with Gasteiger partial charge in [-0.15, -0.1) is 0 Å². The molecule has 6 nitrogen and oxygen atoms in total. The van der Waals surface area contributed by atoms with E-state index in [-0.39, 0.29) is 6.61 Å². The second kappa shape index (κ2) is 8.31. The van der Waals surface area contributed by atoms with Gasteiger partial charge in [-0.25, -0.2) is 9.59 Å². The standard InChI is InChI=1S/C20H18O6/c21-18-16(26-20(23)15-9-5-2-6-10-15)11-12-24-17(18)13-25-19(22)14-7-3-1-4-8-14/h1-12,16-18,21H,13H2/t16?,17-,18+/m1/s1. The summed E-state index contributed by atoms with van der Waals surface area (Å²) in [5.74, 6) is -1.07. The van der Waals surface area contributed by atoms with Crippen molar-refractivity contribution in [1.29, 1.82) is 0 Å². The van der Waals surface area contributed by atoms with Crippen LogP contribution in [0.4, 0.5) is 0 Å². The van der Waals surface area contributed by atoms with E-state index in [1.165, 1.54) is 12.3 Å². The number of carbonyl (C=O) groups excluding carboxylic acids is 2. The third-order valence-electron chi connectivity index (χ3n) is 3.88. The summed E-state index contributed by atoms with van der Waals surface area (Å²) in [5.41, 5.74) is 0.784. The lowest BCUT2D eigenvalue weighted by molar-refractivity contribution is -0.0900. The number of rotatable bonds is 5. The molecule has 0 aliphatic carbocycles. The van der Waals surface area contributed by atoms with Crippen LogP contribution < -0.4 is 0 Å². The van der Waals surface area contributed by atoms with Crippen LogP contribution in [0.1, 0.15) is 20.7 Å². The molecule has 0 spiro atoms. The van der Waals surface area contributed by atoms with Crippen molar-refractivity contribution in [2.45, 2.75) is 18.3 Å². The number of hydrogen-bond donors (Lipinski definition) is 1. The molecule has 0 saturated carbocycles. The van der Waals surface area contributed by atoms with E-state index >= 15 is 0 Å². The first-order chi connectivity index (χ1) is 12.6. The molecule has 2 aromatic carbocycles. The highest BCUT2D eigenvalue weighted by Crippen LogP contribution is 2.18. The van der Waals surface area contributed by atoms with Crippen LogP contribution in [0, 0.1) is 0 Å². The molecule has 0 saturated heterocycles. The number of ether oxygens (including phenoxy) is 3. The third-order valence-corrected chi connectivity index (χ3v) is 3.88. The van der Waals surface area contributed by atoms with E-state index in [2.05, 4.69) is 0 Å². The zero-order valence-corrected chi connectivity index (χ0v) is 13.9. The van der Waals surface area contributed by atoms with Crippen molar-refractivity contribution >= 4 is 11.9 Å². The highest BCUT2D eigenvalue weighted by Gasteiger charge is 2.34. The van der Waals surface area contributed by atoms with Gasteiger partial charge >= 0.3 is 11.9 Å². The molecule has 26 heavy (non-hydrogen) atoms. The van der Waals surface area contributed by atoms with E-state index in [1.54, 1.807) is 60.7 Å². The number of aliphatic hydroxyl groups excluding tert-OH is 1. The average molecular weight is 354 g/mol. The van der Waals surface area contributed by atoms with E-state index in [0.29, 0.717) is 11.1 Å². The SMILES string of the molecule is O=C(OC[C@H]1OC=CC(OC(=O)c2ccccc2)[C@@H]1O)c1ccccc1. The number of aliphatic hydroxyl groups is 1. The Kier molecular flexibility index (Phi) is 5.66. The predicted octanol–water partition coefficient (Wildman–Crippen LogP) is 2.34. The molecule has 0 aromatic heterocycles. The normalized spacial score (nSPS) is 21.5. The molecule has 0 radical (unpaired) electrons.